The summed E-state index contributed by atoms with van der Waals surface area (Å²) < 4.78 is 31.8. The molecule has 0 unspecified atom stereocenters. The maximum Gasteiger partial charge on any atom is 0.264 e. The molecular formula is C32H40F2N8. The number of piperidine rings is 1. The van der Waals surface area contributed by atoms with Crippen molar-refractivity contribution in [3.63, 3.8) is 0 Å². The average molecular weight is 575 g/mol. The number of aryl methyl sites for hydroxylation is 1. The van der Waals surface area contributed by atoms with Crippen molar-refractivity contribution in [3.8, 4) is 0 Å². The van der Waals surface area contributed by atoms with Crippen LogP contribution in [0, 0.1) is 10.8 Å². The molecular weight excluding hydrogens is 534 g/mol. The van der Waals surface area contributed by atoms with Gasteiger partial charge in [-0.25, -0.2) is 8.78 Å². The second-order valence-corrected chi connectivity index (χ2v) is 11.9. The van der Waals surface area contributed by atoms with E-state index in [9.17, 15) is 8.78 Å². The van der Waals surface area contributed by atoms with Gasteiger partial charge in [0.05, 0.1) is 17.5 Å². The first-order valence-corrected chi connectivity index (χ1v) is 14.9. The predicted octanol–water partition coefficient (Wildman–Crippen LogP) is 5.95. The van der Waals surface area contributed by atoms with Crippen molar-refractivity contribution >= 4 is 28.5 Å². The summed E-state index contributed by atoms with van der Waals surface area (Å²) in [6.07, 6.45) is 5.22. The number of halogens is 2. The van der Waals surface area contributed by atoms with Crippen molar-refractivity contribution in [3.05, 3.63) is 70.3 Å². The molecule has 10 heteroatoms. The normalized spacial score (nSPS) is 20.3. The van der Waals surface area contributed by atoms with Crippen LogP contribution in [0.5, 0.6) is 0 Å². The summed E-state index contributed by atoms with van der Waals surface area (Å²) in [5.74, 6) is 0.877. The van der Waals surface area contributed by atoms with E-state index in [0.29, 0.717) is 41.7 Å². The van der Waals surface area contributed by atoms with Crippen molar-refractivity contribution in [2.45, 2.75) is 65.0 Å². The Morgan fingerprint density at radius 2 is 1.93 bits per heavy atom. The van der Waals surface area contributed by atoms with E-state index in [0.717, 1.165) is 74.5 Å². The molecule has 1 aromatic heterocycles. The minimum atomic E-state index is -2.70. The fourth-order valence-electron chi connectivity index (χ4n) is 6.83. The summed E-state index contributed by atoms with van der Waals surface area (Å²) in [6.45, 7) is 12.1. The molecule has 0 atom stereocenters. The third-order valence-electron chi connectivity index (χ3n) is 8.99. The topological polar surface area (TPSA) is 87.3 Å². The van der Waals surface area contributed by atoms with Gasteiger partial charge in [0.15, 0.2) is 5.82 Å². The molecule has 4 aliphatic rings. The highest BCUT2D eigenvalue weighted by Crippen LogP contribution is 2.44. The molecule has 0 amide bonds. The highest BCUT2D eigenvalue weighted by Gasteiger charge is 2.34. The van der Waals surface area contributed by atoms with Crippen molar-refractivity contribution < 1.29 is 8.78 Å². The molecule has 3 N–H and O–H groups in total. The Labute approximate surface area is 246 Å². The summed E-state index contributed by atoms with van der Waals surface area (Å²) >= 11 is 0. The number of rotatable bonds is 6. The van der Waals surface area contributed by atoms with Crippen LogP contribution in [0.1, 0.15) is 73.5 Å². The van der Waals surface area contributed by atoms with Crippen LogP contribution in [0.15, 0.2) is 42.4 Å². The standard InChI is InChI=1S/C32H40F2N8/c1-19(2)40-13-9-27-26(18-40)32(38-42(27)22-7-10-37-11-8-22)41-12-5-6-21-15-23(24(31(33)34)16-28(21)41)25-17-39(4)29(30(25)36)14-20(3)35/h14-17,22,31,35-37H,1,5-13,18H2,2-4H3/b29-14+,35-20?,36-30?. The van der Waals surface area contributed by atoms with Crippen LogP contribution in [0.4, 0.5) is 20.3 Å². The fraction of sp³-hybridized carbons (Fsp3) is 0.469. The minimum Gasteiger partial charge on any atom is -0.371 e. The Kier molecular flexibility index (Phi) is 7.51. The van der Waals surface area contributed by atoms with Crippen molar-refractivity contribution in [1.29, 1.82) is 10.8 Å². The van der Waals surface area contributed by atoms with Crippen LogP contribution in [0.25, 0.3) is 5.57 Å². The first-order valence-electron chi connectivity index (χ1n) is 14.9. The summed E-state index contributed by atoms with van der Waals surface area (Å²) in [7, 11) is 1.79. The van der Waals surface area contributed by atoms with Crippen LogP contribution in [0.2, 0.25) is 0 Å². The lowest BCUT2D eigenvalue weighted by atomic mass is 9.90. The summed E-state index contributed by atoms with van der Waals surface area (Å²) in [5.41, 5.74) is 7.03. The number of nitrogens with zero attached hydrogens (tertiary/aromatic N) is 5. The number of benzene rings is 1. The van der Waals surface area contributed by atoms with E-state index in [2.05, 4.69) is 26.4 Å². The zero-order valence-corrected chi connectivity index (χ0v) is 24.7. The molecule has 1 aromatic carbocycles. The van der Waals surface area contributed by atoms with E-state index >= 15 is 0 Å². The number of hydrogen-bond donors (Lipinski definition) is 3. The largest absolute Gasteiger partial charge is 0.371 e. The number of fused-ring (bicyclic) bond motifs is 2. The Hall–Kier alpha value is -3.79. The first-order chi connectivity index (χ1) is 20.1. The molecule has 0 radical (unpaired) electrons. The average Bonchev–Trinajstić information content (AvgIpc) is 3.48. The molecule has 5 heterocycles. The molecule has 0 spiro atoms. The molecule has 0 bridgehead atoms. The lowest BCUT2D eigenvalue weighted by Gasteiger charge is -2.34. The third kappa shape index (κ3) is 4.95. The van der Waals surface area contributed by atoms with Gasteiger partial charge in [0.1, 0.15) is 0 Å². The SMILES string of the molecule is C=C(C)N1CCc2c(c(N3CCCc4cc(C5=CN(C)/C(=C/C(C)=N)C5=N)c(C(F)F)cc43)nn2C2CCNCC2)C1. The van der Waals surface area contributed by atoms with Gasteiger partial charge in [0.25, 0.3) is 6.43 Å². The number of nitrogens with one attached hydrogen (secondary N) is 3. The second-order valence-electron chi connectivity index (χ2n) is 11.9. The molecule has 1 saturated heterocycles. The molecule has 4 aliphatic heterocycles. The lowest BCUT2D eigenvalue weighted by molar-refractivity contribution is 0.151. The number of aromatic nitrogens is 2. The molecule has 0 saturated carbocycles. The monoisotopic (exact) mass is 574 g/mol. The maximum atomic E-state index is 14.8. The number of hydrogen-bond acceptors (Lipinski definition) is 7. The Morgan fingerprint density at radius 1 is 1.17 bits per heavy atom. The van der Waals surface area contributed by atoms with Crippen LogP contribution < -0.4 is 10.2 Å². The maximum absolute atomic E-state index is 14.8. The quantitative estimate of drug-likeness (QED) is 0.371. The first kappa shape index (κ1) is 28.3. The molecule has 8 nitrogen and oxygen atoms in total. The van der Waals surface area contributed by atoms with Gasteiger partial charge in [0.2, 0.25) is 0 Å². The van der Waals surface area contributed by atoms with Crippen molar-refractivity contribution in [2.24, 2.45) is 0 Å². The van der Waals surface area contributed by atoms with Crippen molar-refractivity contribution in [1.82, 2.24) is 24.9 Å². The lowest BCUT2D eigenvalue weighted by Crippen LogP contribution is -2.33. The van der Waals surface area contributed by atoms with Gasteiger partial charge in [-0.3, -0.25) is 10.1 Å². The van der Waals surface area contributed by atoms with Gasteiger partial charge in [-0.15, -0.1) is 0 Å². The highest BCUT2D eigenvalue weighted by atomic mass is 19.3. The minimum absolute atomic E-state index is 0.0758. The molecule has 2 aromatic rings. The number of allylic oxidation sites excluding steroid dienone is 3. The van der Waals surface area contributed by atoms with Gasteiger partial charge in [-0.05, 0) is 82.0 Å². The van der Waals surface area contributed by atoms with E-state index in [1.807, 2.05) is 13.0 Å². The molecule has 1 fully saturated rings. The highest BCUT2D eigenvalue weighted by molar-refractivity contribution is 6.33. The predicted molar refractivity (Wildman–Crippen MR) is 164 cm³/mol. The van der Waals surface area contributed by atoms with Crippen LogP contribution in [-0.2, 0) is 19.4 Å². The van der Waals surface area contributed by atoms with E-state index < -0.39 is 6.43 Å². The van der Waals surface area contributed by atoms with Gasteiger partial charge >= 0.3 is 0 Å². The van der Waals surface area contributed by atoms with E-state index in [1.54, 1.807) is 37.2 Å². The van der Waals surface area contributed by atoms with Gasteiger partial charge in [-0.2, -0.15) is 5.10 Å². The Morgan fingerprint density at radius 3 is 2.62 bits per heavy atom. The molecule has 6 rings (SSSR count). The van der Waals surface area contributed by atoms with Gasteiger partial charge in [-0.1, -0.05) is 6.58 Å². The van der Waals surface area contributed by atoms with Gasteiger partial charge in [0, 0.05) is 78.8 Å². The summed E-state index contributed by atoms with van der Waals surface area (Å²) in [4.78, 5) is 6.19. The summed E-state index contributed by atoms with van der Waals surface area (Å²) in [6, 6.07) is 3.84. The van der Waals surface area contributed by atoms with Gasteiger partial charge < -0.3 is 25.4 Å². The zero-order valence-electron chi connectivity index (χ0n) is 24.7. The molecule has 42 heavy (non-hydrogen) atoms. The van der Waals surface area contributed by atoms with Crippen molar-refractivity contribution in [2.75, 3.05) is 38.1 Å². The van der Waals surface area contributed by atoms with Crippen LogP contribution in [-0.4, -0.2) is 64.2 Å². The fourth-order valence-corrected chi connectivity index (χ4v) is 6.83. The third-order valence-corrected chi connectivity index (χ3v) is 8.99. The smallest absolute Gasteiger partial charge is 0.264 e. The number of alkyl halides is 2. The Bertz CT molecular complexity index is 1510. The van der Waals surface area contributed by atoms with Crippen LogP contribution >= 0.6 is 0 Å². The second kappa shape index (κ2) is 11.1. The van der Waals surface area contributed by atoms with E-state index in [4.69, 9.17) is 15.9 Å². The van der Waals surface area contributed by atoms with Crippen LogP contribution in [0.3, 0.4) is 0 Å². The Balaban J connectivity index is 1.45. The van der Waals surface area contributed by atoms with E-state index in [-0.39, 0.29) is 11.3 Å². The molecule has 0 aliphatic carbocycles. The molecule has 222 valence electrons. The zero-order chi connectivity index (χ0) is 29.7. The van der Waals surface area contributed by atoms with E-state index in [1.165, 1.54) is 11.3 Å². The summed E-state index contributed by atoms with van der Waals surface area (Å²) in [5, 5.41) is 25.3. The number of anilines is 2.